The molecule has 0 unspecified atom stereocenters. The maximum absolute atomic E-state index is 5.53. The number of ether oxygens (including phenoxy) is 2. The van der Waals surface area contributed by atoms with E-state index in [0.29, 0.717) is 12.8 Å². The number of rotatable bonds is 6. The largest absolute Gasteiger partial charge is 0.454 e. The van der Waals surface area contributed by atoms with Gasteiger partial charge >= 0.3 is 0 Å². The van der Waals surface area contributed by atoms with Crippen molar-refractivity contribution < 1.29 is 9.47 Å². The Balaban J connectivity index is 1.08. The van der Waals surface area contributed by atoms with Crippen molar-refractivity contribution in [3.05, 3.63) is 65.7 Å². The molecule has 0 N–H and O–H groups in total. The highest BCUT2D eigenvalue weighted by molar-refractivity contribution is 5.48. The highest BCUT2D eigenvalue weighted by Crippen LogP contribution is 2.33. The van der Waals surface area contributed by atoms with Crippen LogP contribution in [0, 0.1) is 0 Å². The molecule has 0 radical (unpaired) electrons. The molecule has 5 heteroatoms. The zero-order valence-corrected chi connectivity index (χ0v) is 18.3. The number of fused-ring (bicyclic) bond motifs is 1. The molecule has 3 aliphatic heterocycles. The zero-order valence-electron chi connectivity index (χ0n) is 18.3. The summed E-state index contributed by atoms with van der Waals surface area (Å²) in [7, 11) is 0. The van der Waals surface area contributed by atoms with Crippen LogP contribution in [0.1, 0.15) is 24.0 Å². The summed E-state index contributed by atoms with van der Waals surface area (Å²) in [6.45, 7) is 9.42. The molecule has 0 amide bonds. The lowest BCUT2D eigenvalue weighted by atomic mass is 10.0. The van der Waals surface area contributed by atoms with Gasteiger partial charge < -0.3 is 9.47 Å². The number of piperidine rings is 1. The summed E-state index contributed by atoms with van der Waals surface area (Å²) in [4.78, 5) is 7.91. The second-order valence-electron chi connectivity index (χ2n) is 8.87. The summed E-state index contributed by atoms with van der Waals surface area (Å²) in [6, 6.07) is 17.6. The molecule has 0 spiro atoms. The van der Waals surface area contributed by atoms with Crippen molar-refractivity contribution in [2.24, 2.45) is 0 Å². The quantitative estimate of drug-likeness (QED) is 0.712. The van der Waals surface area contributed by atoms with Crippen molar-refractivity contribution in [1.29, 1.82) is 0 Å². The Hall–Kier alpha value is -2.34. The van der Waals surface area contributed by atoms with E-state index in [1.165, 1.54) is 50.1 Å². The Morgan fingerprint density at radius 1 is 0.871 bits per heavy atom. The first kappa shape index (κ1) is 20.6. The van der Waals surface area contributed by atoms with Gasteiger partial charge in [-0.1, -0.05) is 48.6 Å². The van der Waals surface area contributed by atoms with Crippen LogP contribution in [-0.4, -0.2) is 73.3 Å². The first-order valence-corrected chi connectivity index (χ1v) is 11.6. The number of likely N-dealkylation sites (tertiary alicyclic amines) is 1. The topological polar surface area (TPSA) is 28.2 Å². The average Bonchev–Trinajstić information content (AvgIpc) is 3.29. The molecule has 2 saturated heterocycles. The van der Waals surface area contributed by atoms with Gasteiger partial charge in [0.1, 0.15) is 0 Å². The van der Waals surface area contributed by atoms with E-state index >= 15 is 0 Å². The summed E-state index contributed by atoms with van der Waals surface area (Å²) in [6.07, 6.45) is 7.21. The van der Waals surface area contributed by atoms with Gasteiger partial charge in [-0.15, -0.1) is 0 Å². The Bertz CT molecular complexity index is 877. The van der Waals surface area contributed by atoms with E-state index in [1.54, 1.807) is 0 Å². The lowest BCUT2D eigenvalue weighted by molar-refractivity contribution is 0.0531. The van der Waals surface area contributed by atoms with E-state index in [0.717, 1.165) is 37.7 Å². The van der Waals surface area contributed by atoms with Crippen molar-refractivity contribution in [1.82, 2.24) is 14.7 Å². The van der Waals surface area contributed by atoms with E-state index in [2.05, 4.69) is 69.3 Å². The molecule has 0 bridgehead atoms. The lowest BCUT2D eigenvalue weighted by Gasteiger charge is -2.43. The van der Waals surface area contributed by atoms with Crippen LogP contribution in [0.5, 0.6) is 11.5 Å². The van der Waals surface area contributed by atoms with E-state index < -0.39 is 0 Å². The number of piperazine rings is 1. The van der Waals surface area contributed by atoms with E-state index in [-0.39, 0.29) is 0 Å². The van der Waals surface area contributed by atoms with Gasteiger partial charge in [0.15, 0.2) is 11.5 Å². The smallest absolute Gasteiger partial charge is 0.231 e. The van der Waals surface area contributed by atoms with E-state index in [4.69, 9.17) is 9.47 Å². The van der Waals surface area contributed by atoms with Crippen LogP contribution >= 0.6 is 0 Å². The molecule has 1 atom stereocenters. The van der Waals surface area contributed by atoms with Crippen molar-refractivity contribution in [2.45, 2.75) is 25.4 Å². The Morgan fingerprint density at radius 2 is 1.71 bits per heavy atom. The van der Waals surface area contributed by atoms with E-state index in [1.807, 2.05) is 6.07 Å². The highest BCUT2D eigenvalue weighted by Gasteiger charge is 2.27. The third kappa shape index (κ3) is 5.29. The summed E-state index contributed by atoms with van der Waals surface area (Å²) in [5, 5.41) is 0. The summed E-state index contributed by atoms with van der Waals surface area (Å²) in [5.74, 6) is 1.76. The Kier molecular flexibility index (Phi) is 6.54. The number of benzene rings is 2. The predicted molar refractivity (Wildman–Crippen MR) is 124 cm³/mol. The van der Waals surface area contributed by atoms with Crippen LogP contribution in [0.4, 0.5) is 0 Å². The molecule has 0 aliphatic carbocycles. The first-order valence-electron chi connectivity index (χ1n) is 11.6. The average molecular weight is 420 g/mol. The molecule has 3 heterocycles. The molecule has 2 aromatic carbocycles. The highest BCUT2D eigenvalue weighted by atomic mass is 16.7. The minimum atomic E-state index is 0.345. The van der Waals surface area contributed by atoms with Gasteiger partial charge in [0.2, 0.25) is 6.79 Å². The summed E-state index contributed by atoms with van der Waals surface area (Å²) < 4.78 is 11.0. The molecular weight excluding hydrogens is 386 g/mol. The molecule has 164 valence electrons. The Morgan fingerprint density at radius 3 is 2.58 bits per heavy atom. The van der Waals surface area contributed by atoms with Gasteiger partial charge in [-0.05, 0) is 42.6 Å². The molecule has 5 rings (SSSR count). The van der Waals surface area contributed by atoms with Gasteiger partial charge in [-0.3, -0.25) is 14.7 Å². The molecule has 2 fully saturated rings. The van der Waals surface area contributed by atoms with Gasteiger partial charge in [0.25, 0.3) is 0 Å². The summed E-state index contributed by atoms with van der Waals surface area (Å²) >= 11 is 0. The van der Waals surface area contributed by atoms with Crippen molar-refractivity contribution in [3.8, 4) is 11.5 Å². The van der Waals surface area contributed by atoms with Crippen LogP contribution in [0.15, 0.2) is 54.6 Å². The molecule has 5 nitrogen and oxygen atoms in total. The fourth-order valence-corrected chi connectivity index (χ4v) is 4.98. The second-order valence-corrected chi connectivity index (χ2v) is 8.87. The van der Waals surface area contributed by atoms with Crippen LogP contribution in [0.2, 0.25) is 0 Å². The fourth-order valence-electron chi connectivity index (χ4n) is 4.98. The van der Waals surface area contributed by atoms with E-state index in [9.17, 15) is 0 Å². The summed E-state index contributed by atoms with van der Waals surface area (Å²) in [5.41, 5.74) is 2.60. The van der Waals surface area contributed by atoms with Crippen molar-refractivity contribution in [3.63, 3.8) is 0 Å². The Labute approximate surface area is 185 Å². The third-order valence-corrected chi connectivity index (χ3v) is 6.72. The molecule has 3 aliphatic rings. The monoisotopic (exact) mass is 419 g/mol. The number of hydrogen-bond donors (Lipinski definition) is 0. The van der Waals surface area contributed by atoms with Crippen LogP contribution in [-0.2, 0) is 6.54 Å². The molecule has 2 aromatic rings. The van der Waals surface area contributed by atoms with Gasteiger partial charge in [-0.25, -0.2) is 0 Å². The maximum atomic E-state index is 5.53. The van der Waals surface area contributed by atoms with Gasteiger partial charge in [0.05, 0.1) is 0 Å². The van der Waals surface area contributed by atoms with Crippen molar-refractivity contribution >= 4 is 6.08 Å². The minimum absolute atomic E-state index is 0.345. The van der Waals surface area contributed by atoms with Crippen LogP contribution < -0.4 is 9.47 Å². The standard InChI is InChI=1S/C26H33N3O2/c1-2-6-22(7-3-1)8-4-12-27-13-5-9-24(20-27)29-16-14-28(15-17-29)19-23-10-11-25-26(18-23)31-21-30-25/h1-4,6-8,10-11,18,24H,5,9,12-17,19-21H2/b8-4+/t24-/m1/s1. The number of hydrogen-bond acceptors (Lipinski definition) is 5. The number of nitrogens with zero attached hydrogens (tertiary/aromatic N) is 3. The van der Waals surface area contributed by atoms with Crippen molar-refractivity contribution in [2.75, 3.05) is 52.6 Å². The van der Waals surface area contributed by atoms with Crippen LogP contribution in [0.25, 0.3) is 6.08 Å². The maximum Gasteiger partial charge on any atom is 0.231 e. The predicted octanol–water partition coefficient (Wildman–Crippen LogP) is 3.71. The molecule has 0 aromatic heterocycles. The van der Waals surface area contributed by atoms with Gasteiger partial charge in [-0.2, -0.15) is 0 Å². The molecule has 0 saturated carbocycles. The fraction of sp³-hybridized carbons (Fsp3) is 0.462. The lowest BCUT2D eigenvalue weighted by Crippen LogP contribution is -2.54. The second kappa shape index (κ2) is 9.86. The molecular formula is C26H33N3O2. The molecule has 31 heavy (non-hydrogen) atoms. The SMILES string of the molecule is C(=C\c1ccccc1)/CN1CCC[C@@H](N2CCN(Cc3ccc4c(c3)OCO4)CC2)C1. The van der Waals surface area contributed by atoms with Crippen LogP contribution in [0.3, 0.4) is 0 Å². The first-order chi connectivity index (χ1) is 15.3. The van der Waals surface area contributed by atoms with Gasteiger partial charge in [0, 0.05) is 51.9 Å². The minimum Gasteiger partial charge on any atom is -0.454 e. The zero-order chi connectivity index (χ0) is 20.9. The normalized spacial score (nSPS) is 22.9. The third-order valence-electron chi connectivity index (χ3n) is 6.72.